The maximum Gasteiger partial charge on any atom is 0.153 e. The molecule has 0 atom stereocenters. The fourth-order valence-electron chi connectivity index (χ4n) is 2.32. The summed E-state index contributed by atoms with van der Waals surface area (Å²) in [4.78, 5) is 6.51. The van der Waals surface area contributed by atoms with E-state index in [2.05, 4.69) is 9.88 Å². The molecule has 0 spiro atoms. The van der Waals surface area contributed by atoms with Crippen molar-refractivity contribution in [2.24, 2.45) is 5.73 Å². The Morgan fingerprint density at radius 3 is 2.50 bits per heavy atom. The van der Waals surface area contributed by atoms with Gasteiger partial charge in [0, 0.05) is 42.3 Å². The van der Waals surface area contributed by atoms with Crippen LogP contribution in [-0.4, -0.2) is 38.0 Å². The molecule has 1 saturated heterocycles. The summed E-state index contributed by atoms with van der Waals surface area (Å²) in [5, 5.41) is 0. The number of nitrogens with zero attached hydrogens (tertiary/aromatic N) is 2. The first-order chi connectivity index (χ1) is 8.43. The lowest BCUT2D eigenvalue weighted by Crippen LogP contribution is -2.41. The van der Waals surface area contributed by atoms with Gasteiger partial charge in [0.2, 0.25) is 0 Å². The number of sulfone groups is 1. The molecule has 18 heavy (non-hydrogen) atoms. The van der Waals surface area contributed by atoms with Crippen LogP contribution in [0.3, 0.4) is 0 Å². The predicted molar refractivity (Wildman–Crippen MR) is 72.5 cm³/mol. The molecule has 0 unspecified atom stereocenters. The maximum atomic E-state index is 11.5. The lowest BCUT2D eigenvalue weighted by molar-refractivity contribution is 0.586. The third kappa shape index (κ3) is 2.64. The molecule has 2 heterocycles. The van der Waals surface area contributed by atoms with Crippen molar-refractivity contribution in [2.75, 3.05) is 29.5 Å². The van der Waals surface area contributed by atoms with Gasteiger partial charge in [0.1, 0.15) is 0 Å². The minimum atomic E-state index is -2.85. The molecule has 2 N–H and O–H groups in total. The lowest BCUT2D eigenvalue weighted by Gasteiger charge is -2.31. The summed E-state index contributed by atoms with van der Waals surface area (Å²) >= 11 is 0. The lowest BCUT2D eigenvalue weighted by atomic mass is 10.1. The van der Waals surface area contributed by atoms with Crippen molar-refractivity contribution in [1.29, 1.82) is 0 Å². The van der Waals surface area contributed by atoms with E-state index >= 15 is 0 Å². The second-order valence-electron chi connectivity index (χ2n) is 4.69. The van der Waals surface area contributed by atoms with Crippen LogP contribution in [0.1, 0.15) is 17.0 Å². The van der Waals surface area contributed by atoms with Crippen LogP contribution in [0.25, 0.3) is 0 Å². The summed E-state index contributed by atoms with van der Waals surface area (Å²) in [5.41, 5.74) is 9.70. The number of hydrogen-bond donors (Lipinski definition) is 1. The van der Waals surface area contributed by atoms with E-state index in [1.165, 1.54) is 0 Å². The second kappa shape index (κ2) is 4.85. The summed E-state index contributed by atoms with van der Waals surface area (Å²) < 4.78 is 22.9. The minimum absolute atomic E-state index is 0.220. The van der Waals surface area contributed by atoms with Gasteiger partial charge in [0.25, 0.3) is 0 Å². The minimum Gasteiger partial charge on any atom is -0.369 e. The summed E-state index contributed by atoms with van der Waals surface area (Å²) in [6.07, 6.45) is 0. The molecule has 5 nitrogen and oxygen atoms in total. The molecule has 100 valence electrons. The largest absolute Gasteiger partial charge is 0.369 e. The van der Waals surface area contributed by atoms with Crippen molar-refractivity contribution in [1.82, 2.24) is 4.98 Å². The van der Waals surface area contributed by atoms with Crippen LogP contribution in [0.5, 0.6) is 0 Å². The van der Waals surface area contributed by atoms with Crippen molar-refractivity contribution >= 4 is 15.5 Å². The molecule has 1 aliphatic heterocycles. The van der Waals surface area contributed by atoms with Gasteiger partial charge >= 0.3 is 0 Å². The topological polar surface area (TPSA) is 76.3 Å². The quantitative estimate of drug-likeness (QED) is 0.840. The Kier molecular flexibility index (Phi) is 3.59. The zero-order valence-electron chi connectivity index (χ0n) is 10.8. The SMILES string of the molecule is Cc1cc(N2CCS(=O)(=O)CC2)c(CN)c(C)n1. The zero-order chi connectivity index (χ0) is 13.3. The fraction of sp³-hybridized carbons (Fsp3) is 0.583. The Morgan fingerprint density at radius 1 is 1.33 bits per heavy atom. The summed E-state index contributed by atoms with van der Waals surface area (Å²) in [5.74, 6) is 0.439. The molecule has 2 rings (SSSR count). The molecular weight excluding hydrogens is 250 g/mol. The Hall–Kier alpha value is -1.14. The van der Waals surface area contributed by atoms with Gasteiger partial charge in [-0.25, -0.2) is 8.42 Å². The monoisotopic (exact) mass is 269 g/mol. The summed E-state index contributed by atoms with van der Waals surface area (Å²) in [6, 6.07) is 1.99. The van der Waals surface area contributed by atoms with E-state index in [1.54, 1.807) is 0 Å². The first-order valence-corrected chi connectivity index (χ1v) is 7.87. The normalized spacial score (nSPS) is 18.9. The highest BCUT2D eigenvalue weighted by Gasteiger charge is 2.23. The van der Waals surface area contributed by atoms with E-state index in [0.29, 0.717) is 19.6 Å². The molecule has 1 aliphatic rings. The van der Waals surface area contributed by atoms with Crippen LogP contribution in [-0.2, 0) is 16.4 Å². The van der Waals surface area contributed by atoms with Crippen LogP contribution >= 0.6 is 0 Å². The molecule has 1 fully saturated rings. The van der Waals surface area contributed by atoms with Gasteiger partial charge in [-0.3, -0.25) is 4.98 Å². The zero-order valence-corrected chi connectivity index (χ0v) is 11.6. The summed E-state index contributed by atoms with van der Waals surface area (Å²) in [6.45, 7) is 5.39. The van der Waals surface area contributed by atoms with Crippen LogP contribution in [0.15, 0.2) is 6.07 Å². The van der Waals surface area contributed by atoms with Gasteiger partial charge in [-0.2, -0.15) is 0 Å². The molecule has 0 amide bonds. The van der Waals surface area contributed by atoms with Crippen LogP contribution in [0.4, 0.5) is 5.69 Å². The molecule has 1 aromatic heterocycles. The molecule has 0 saturated carbocycles. The second-order valence-corrected chi connectivity index (χ2v) is 6.99. The first kappa shape index (κ1) is 13.3. The van der Waals surface area contributed by atoms with Gasteiger partial charge in [-0.1, -0.05) is 0 Å². The highest BCUT2D eigenvalue weighted by molar-refractivity contribution is 7.91. The van der Waals surface area contributed by atoms with Gasteiger partial charge in [0.15, 0.2) is 9.84 Å². The molecule has 6 heteroatoms. The van der Waals surface area contributed by atoms with Gasteiger partial charge < -0.3 is 10.6 Å². The molecular formula is C12H19N3O2S. The van der Waals surface area contributed by atoms with Gasteiger partial charge in [0.05, 0.1) is 11.5 Å². The first-order valence-electron chi connectivity index (χ1n) is 6.05. The Morgan fingerprint density at radius 2 is 1.94 bits per heavy atom. The van der Waals surface area contributed by atoms with Crippen molar-refractivity contribution in [3.05, 3.63) is 23.0 Å². The maximum absolute atomic E-state index is 11.5. The van der Waals surface area contributed by atoms with E-state index in [4.69, 9.17) is 5.73 Å². The predicted octanol–water partition coefficient (Wildman–Crippen LogP) is 0.392. The van der Waals surface area contributed by atoms with E-state index in [-0.39, 0.29) is 11.5 Å². The molecule has 0 aromatic carbocycles. The Balaban J connectivity index is 2.34. The average Bonchev–Trinajstić information content (AvgIpc) is 2.28. The highest BCUT2D eigenvalue weighted by atomic mass is 32.2. The molecule has 0 bridgehead atoms. The van der Waals surface area contributed by atoms with Crippen molar-refractivity contribution in [2.45, 2.75) is 20.4 Å². The number of hydrogen-bond acceptors (Lipinski definition) is 5. The van der Waals surface area contributed by atoms with Crippen LogP contribution < -0.4 is 10.6 Å². The van der Waals surface area contributed by atoms with E-state index in [0.717, 1.165) is 22.6 Å². The highest BCUT2D eigenvalue weighted by Crippen LogP contribution is 2.25. The van der Waals surface area contributed by atoms with Crippen molar-refractivity contribution in [3.8, 4) is 0 Å². The van der Waals surface area contributed by atoms with Gasteiger partial charge in [-0.15, -0.1) is 0 Å². The number of nitrogens with two attached hydrogens (primary N) is 1. The van der Waals surface area contributed by atoms with Crippen LogP contribution in [0, 0.1) is 13.8 Å². The standard InChI is InChI=1S/C12H19N3O2S/c1-9-7-12(11(8-13)10(2)14-9)15-3-5-18(16,17)6-4-15/h7H,3-6,8,13H2,1-2H3. The van der Waals surface area contributed by atoms with Gasteiger partial charge in [-0.05, 0) is 19.9 Å². The number of rotatable bonds is 2. The third-order valence-electron chi connectivity index (χ3n) is 3.32. The van der Waals surface area contributed by atoms with Crippen LogP contribution in [0.2, 0.25) is 0 Å². The van der Waals surface area contributed by atoms with E-state index < -0.39 is 9.84 Å². The van der Waals surface area contributed by atoms with Crippen molar-refractivity contribution < 1.29 is 8.42 Å². The third-order valence-corrected chi connectivity index (χ3v) is 4.93. The smallest absolute Gasteiger partial charge is 0.153 e. The number of aromatic nitrogens is 1. The van der Waals surface area contributed by atoms with E-state index in [9.17, 15) is 8.42 Å². The Labute approximate surface area is 108 Å². The fourth-order valence-corrected chi connectivity index (χ4v) is 3.52. The van der Waals surface area contributed by atoms with Crippen molar-refractivity contribution in [3.63, 3.8) is 0 Å². The molecule has 0 aliphatic carbocycles. The number of pyridine rings is 1. The molecule has 0 radical (unpaired) electrons. The number of aryl methyl sites for hydroxylation is 2. The summed E-state index contributed by atoms with van der Waals surface area (Å²) in [7, 11) is -2.85. The Bertz CT molecular complexity index is 541. The van der Waals surface area contributed by atoms with E-state index in [1.807, 2.05) is 19.9 Å². The number of anilines is 1. The molecule has 1 aromatic rings. The average molecular weight is 269 g/mol.